The molecule has 174 valence electrons. The van der Waals surface area contributed by atoms with Gasteiger partial charge in [-0.2, -0.15) is 0 Å². The molecule has 34 heavy (non-hydrogen) atoms. The van der Waals surface area contributed by atoms with E-state index in [-0.39, 0.29) is 11.8 Å². The van der Waals surface area contributed by atoms with Gasteiger partial charge in [-0.05, 0) is 49.7 Å². The van der Waals surface area contributed by atoms with Crippen LogP contribution in [0.1, 0.15) is 22.7 Å². The molecule has 2 saturated heterocycles. The minimum Gasteiger partial charge on any atom is -0.497 e. The van der Waals surface area contributed by atoms with Gasteiger partial charge in [-0.1, -0.05) is 35.9 Å². The first-order valence-electron chi connectivity index (χ1n) is 11.1. The molecule has 2 amide bonds. The molecule has 3 aromatic carbocycles. The van der Waals surface area contributed by atoms with Crippen LogP contribution in [0.4, 0.5) is 11.4 Å². The third-order valence-corrected chi connectivity index (χ3v) is 6.52. The molecule has 0 saturated carbocycles. The van der Waals surface area contributed by atoms with Gasteiger partial charge in [0.05, 0.1) is 31.6 Å². The smallest absolute Gasteiger partial charge is 0.266 e. The second kappa shape index (κ2) is 8.50. The summed E-state index contributed by atoms with van der Waals surface area (Å²) in [6.45, 7) is 3.93. The molecule has 0 spiro atoms. The van der Waals surface area contributed by atoms with Gasteiger partial charge < -0.3 is 9.47 Å². The average molecular weight is 459 g/mol. The van der Waals surface area contributed by atoms with Crippen LogP contribution >= 0.6 is 0 Å². The summed E-state index contributed by atoms with van der Waals surface area (Å²) in [4.78, 5) is 34.8. The van der Waals surface area contributed by atoms with Crippen molar-refractivity contribution < 1.29 is 23.9 Å². The molecule has 0 bridgehead atoms. The molecule has 5 rings (SSSR count). The maximum absolute atomic E-state index is 13.8. The zero-order chi connectivity index (χ0) is 24.0. The number of hydrogen-bond acceptors (Lipinski definition) is 6. The van der Waals surface area contributed by atoms with Gasteiger partial charge in [-0.3, -0.25) is 14.4 Å². The summed E-state index contributed by atoms with van der Waals surface area (Å²) in [6, 6.07) is 20.0. The summed E-state index contributed by atoms with van der Waals surface area (Å²) >= 11 is 0. The van der Waals surface area contributed by atoms with Crippen LogP contribution < -0.4 is 19.4 Å². The summed E-state index contributed by atoms with van der Waals surface area (Å²) in [7, 11) is 3.16. The van der Waals surface area contributed by atoms with Crippen molar-refractivity contribution in [3.05, 3.63) is 83.4 Å². The Hall–Kier alpha value is -3.84. The maximum Gasteiger partial charge on any atom is 0.266 e. The van der Waals surface area contributed by atoms with Gasteiger partial charge >= 0.3 is 0 Å². The third-order valence-electron chi connectivity index (χ3n) is 6.52. The summed E-state index contributed by atoms with van der Waals surface area (Å²) in [5.74, 6) is -0.212. The van der Waals surface area contributed by atoms with Crippen molar-refractivity contribution >= 4 is 23.2 Å². The van der Waals surface area contributed by atoms with E-state index in [4.69, 9.17) is 14.3 Å². The monoisotopic (exact) mass is 458 g/mol. The first kappa shape index (κ1) is 22.0. The predicted octanol–water partition coefficient (Wildman–Crippen LogP) is 4.37. The lowest BCUT2D eigenvalue weighted by Gasteiger charge is -2.30. The van der Waals surface area contributed by atoms with Crippen molar-refractivity contribution in [3.63, 3.8) is 0 Å². The second-order valence-corrected chi connectivity index (χ2v) is 8.56. The fourth-order valence-corrected chi connectivity index (χ4v) is 4.76. The topological polar surface area (TPSA) is 68.3 Å². The molecule has 2 aliphatic heterocycles. The fourth-order valence-electron chi connectivity index (χ4n) is 4.76. The van der Waals surface area contributed by atoms with E-state index in [1.54, 1.807) is 37.5 Å². The Balaban J connectivity index is 1.64. The number of anilines is 2. The molecule has 0 aromatic heterocycles. The summed E-state index contributed by atoms with van der Waals surface area (Å²) in [6.07, 6.45) is -0.940. The van der Waals surface area contributed by atoms with Crippen LogP contribution in [0.5, 0.6) is 11.5 Å². The fraction of sp³-hybridized carbons (Fsp3) is 0.259. The number of rotatable bonds is 5. The van der Waals surface area contributed by atoms with Crippen molar-refractivity contribution in [1.29, 1.82) is 0 Å². The Morgan fingerprint density at radius 3 is 2.26 bits per heavy atom. The highest BCUT2D eigenvalue weighted by Crippen LogP contribution is 2.50. The van der Waals surface area contributed by atoms with Crippen LogP contribution in [0.3, 0.4) is 0 Å². The highest BCUT2D eigenvalue weighted by atomic mass is 16.7. The lowest BCUT2D eigenvalue weighted by molar-refractivity contribution is -0.126. The normalized spacial score (nSPS) is 21.7. The average Bonchev–Trinajstić information content (AvgIpc) is 3.35. The van der Waals surface area contributed by atoms with Crippen LogP contribution in [0.25, 0.3) is 0 Å². The molecule has 7 nitrogen and oxygen atoms in total. The first-order chi connectivity index (χ1) is 16.4. The standard InChI is InChI=1S/C27H26N2O5/c1-16-9-11-18(12-10-16)28-26(30)23-24(20-14-13-19(32-3)15-22(20)33-4)29(34-25(23)27(28)31)21-8-6-5-7-17(21)2/h5-15,23-25H,1-4H3/t23-,24-,25+/m0/s1. The second-order valence-electron chi connectivity index (χ2n) is 8.56. The van der Waals surface area contributed by atoms with Gasteiger partial charge in [0.15, 0.2) is 6.10 Å². The molecular weight excluding hydrogens is 432 g/mol. The number of hydrogen-bond donors (Lipinski definition) is 0. The van der Waals surface area contributed by atoms with Crippen LogP contribution in [-0.2, 0) is 14.4 Å². The third kappa shape index (κ3) is 3.40. The Kier molecular flexibility index (Phi) is 5.49. The number of fused-ring (bicyclic) bond motifs is 1. The first-order valence-corrected chi connectivity index (χ1v) is 11.1. The Morgan fingerprint density at radius 2 is 1.59 bits per heavy atom. The lowest BCUT2D eigenvalue weighted by atomic mass is 9.89. The van der Waals surface area contributed by atoms with E-state index in [9.17, 15) is 9.59 Å². The zero-order valence-electron chi connectivity index (χ0n) is 19.5. The number of nitrogens with zero attached hydrogens (tertiary/aromatic N) is 2. The Bertz CT molecular complexity index is 1260. The van der Waals surface area contributed by atoms with E-state index in [1.807, 2.05) is 62.4 Å². The highest BCUT2D eigenvalue weighted by Gasteiger charge is 2.60. The Labute approximate surface area is 198 Å². The van der Waals surface area contributed by atoms with E-state index in [0.717, 1.165) is 22.4 Å². The number of benzene rings is 3. The van der Waals surface area contributed by atoms with Gasteiger partial charge in [0.2, 0.25) is 5.91 Å². The van der Waals surface area contributed by atoms with Crippen molar-refractivity contribution in [1.82, 2.24) is 0 Å². The lowest BCUT2D eigenvalue weighted by Crippen LogP contribution is -2.37. The van der Waals surface area contributed by atoms with Crippen LogP contribution in [0, 0.1) is 19.8 Å². The Morgan fingerprint density at radius 1 is 0.853 bits per heavy atom. The van der Waals surface area contributed by atoms with E-state index >= 15 is 0 Å². The number of imide groups is 1. The van der Waals surface area contributed by atoms with Gasteiger partial charge in [-0.25, -0.2) is 9.96 Å². The molecule has 3 aromatic rings. The van der Waals surface area contributed by atoms with E-state index in [0.29, 0.717) is 17.2 Å². The molecule has 0 radical (unpaired) electrons. The molecule has 2 aliphatic rings. The van der Waals surface area contributed by atoms with Crippen LogP contribution in [0.15, 0.2) is 66.7 Å². The number of aryl methyl sites for hydroxylation is 2. The molecule has 7 heteroatoms. The summed E-state index contributed by atoms with van der Waals surface area (Å²) in [5.41, 5.74) is 4.09. The van der Waals surface area contributed by atoms with Crippen LogP contribution in [-0.4, -0.2) is 32.1 Å². The van der Waals surface area contributed by atoms with Gasteiger partial charge in [0, 0.05) is 11.6 Å². The van der Waals surface area contributed by atoms with Gasteiger partial charge in [-0.15, -0.1) is 0 Å². The molecule has 2 heterocycles. The predicted molar refractivity (Wildman–Crippen MR) is 128 cm³/mol. The van der Waals surface area contributed by atoms with Crippen molar-refractivity contribution in [3.8, 4) is 11.5 Å². The minimum absolute atomic E-state index is 0.294. The van der Waals surface area contributed by atoms with Crippen LogP contribution in [0.2, 0.25) is 0 Å². The number of ether oxygens (including phenoxy) is 2. The summed E-state index contributed by atoms with van der Waals surface area (Å²) in [5, 5.41) is 1.69. The van der Waals surface area contributed by atoms with Crippen molar-refractivity contribution in [2.24, 2.45) is 5.92 Å². The number of para-hydroxylation sites is 1. The number of methoxy groups -OCH3 is 2. The SMILES string of the molecule is COc1ccc([C@H]2[C@@H]3C(=O)N(c4ccc(C)cc4)C(=O)[C@@H]3ON2c2ccccc2C)c(OC)c1. The molecule has 2 fully saturated rings. The molecule has 0 aliphatic carbocycles. The number of carbonyl (C=O) groups excluding carboxylic acids is 2. The van der Waals surface area contributed by atoms with E-state index < -0.39 is 18.1 Å². The van der Waals surface area contributed by atoms with Crippen molar-refractivity contribution in [2.45, 2.75) is 26.0 Å². The van der Waals surface area contributed by atoms with E-state index in [2.05, 4.69) is 0 Å². The quantitative estimate of drug-likeness (QED) is 0.529. The summed E-state index contributed by atoms with van der Waals surface area (Å²) < 4.78 is 11.0. The number of carbonyl (C=O) groups is 2. The number of amides is 2. The largest absolute Gasteiger partial charge is 0.497 e. The van der Waals surface area contributed by atoms with Gasteiger partial charge in [0.1, 0.15) is 17.4 Å². The van der Waals surface area contributed by atoms with E-state index in [1.165, 1.54) is 4.90 Å². The minimum atomic E-state index is -0.940. The molecule has 0 N–H and O–H groups in total. The van der Waals surface area contributed by atoms with Crippen molar-refractivity contribution in [2.75, 3.05) is 24.2 Å². The molecule has 3 atom stereocenters. The zero-order valence-corrected chi connectivity index (χ0v) is 19.5. The molecule has 0 unspecified atom stereocenters. The highest BCUT2D eigenvalue weighted by molar-refractivity contribution is 6.24. The van der Waals surface area contributed by atoms with Gasteiger partial charge in [0.25, 0.3) is 5.91 Å². The number of hydroxylamine groups is 1. The maximum atomic E-state index is 13.8. The molecular formula is C27H26N2O5.